The third-order valence-electron chi connectivity index (χ3n) is 5.81. The van der Waals surface area contributed by atoms with Crippen molar-refractivity contribution in [1.82, 2.24) is 14.7 Å². The van der Waals surface area contributed by atoms with Gasteiger partial charge in [0.05, 0.1) is 17.1 Å². The monoisotopic (exact) mass is 403 g/mol. The van der Waals surface area contributed by atoms with E-state index in [0.717, 1.165) is 41.4 Å². The van der Waals surface area contributed by atoms with E-state index in [2.05, 4.69) is 22.4 Å². The van der Waals surface area contributed by atoms with Crippen molar-refractivity contribution < 1.29 is 4.79 Å². The minimum Gasteiger partial charge on any atom is -0.345 e. The van der Waals surface area contributed by atoms with Gasteiger partial charge in [0, 0.05) is 6.07 Å². The van der Waals surface area contributed by atoms with E-state index in [1.165, 1.54) is 28.5 Å². The summed E-state index contributed by atoms with van der Waals surface area (Å²) in [5, 5.41) is 3.13. The Balaban J connectivity index is 1.53. The maximum Gasteiger partial charge on any atom is 0.262 e. The molecule has 29 heavy (non-hydrogen) atoms. The number of imidazole rings is 1. The molecule has 0 fully saturated rings. The van der Waals surface area contributed by atoms with Gasteiger partial charge in [0.2, 0.25) is 0 Å². The molecule has 6 heteroatoms. The van der Waals surface area contributed by atoms with E-state index in [1.54, 1.807) is 4.40 Å². The van der Waals surface area contributed by atoms with Crippen LogP contribution in [0.3, 0.4) is 0 Å². The molecule has 2 aromatic carbocycles. The van der Waals surface area contributed by atoms with E-state index in [9.17, 15) is 9.59 Å². The first kappa shape index (κ1) is 18.1. The van der Waals surface area contributed by atoms with Crippen molar-refractivity contribution >= 4 is 33.2 Å². The molecule has 0 saturated carbocycles. The Kier molecular flexibility index (Phi) is 4.24. The SMILES string of the molecule is Cc1cc2nc3sc(C(=O)N[C@@H]4CCCc5ccccc54)cc(=O)n3c2cc1C. The van der Waals surface area contributed by atoms with Crippen molar-refractivity contribution in [2.45, 2.75) is 39.2 Å². The van der Waals surface area contributed by atoms with Crippen LogP contribution in [-0.4, -0.2) is 15.3 Å². The first-order chi connectivity index (χ1) is 14.0. The van der Waals surface area contributed by atoms with Crippen LogP contribution in [-0.2, 0) is 6.42 Å². The van der Waals surface area contributed by atoms with Crippen molar-refractivity contribution in [3.05, 3.63) is 79.9 Å². The molecule has 0 saturated heterocycles. The molecular weight excluding hydrogens is 382 g/mol. The maximum absolute atomic E-state index is 13.0. The second kappa shape index (κ2) is 6.81. The van der Waals surface area contributed by atoms with Gasteiger partial charge in [-0.3, -0.25) is 14.0 Å². The number of fused-ring (bicyclic) bond motifs is 4. The smallest absolute Gasteiger partial charge is 0.262 e. The first-order valence-electron chi connectivity index (χ1n) is 9.83. The molecule has 1 N–H and O–H groups in total. The van der Waals surface area contributed by atoms with E-state index in [1.807, 2.05) is 38.1 Å². The van der Waals surface area contributed by atoms with E-state index in [4.69, 9.17) is 0 Å². The maximum atomic E-state index is 13.0. The number of amides is 1. The quantitative estimate of drug-likeness (QED) is 0.542. The summed E-state index contributed by atoms with van der Waals surface area (Å²) in [5.41, 5.74) is 6.06. The summed E-state index contributed by atoms with van der Waals surface area (Å²) in [6, 6.07) is 13.6. The van der Waals surface area contributed by atoms with E-state index >= 15 is 0 Å². The van der Waals surface area contributed by atoms with Crippen LogP contribution in [0.4, 0.5) is 0 Å². The lowest BCUT2D eigenvalue weighted by Crippen LogP contribution is -2.31. The highest BCUT2D eigenvalue weighted by molar-refractivity contribution is 7.18. The van der Waals surface area contributed by atoms with Crippen molar-refractivity contribution in [1.29, 1.82) is 0 Å². The Morgan fingerprint density at radius 2 is 1.97 bits per heavy atom. The van der Waals surface area contributed by atoms with Crippen LogP contribution in [0.25, 0.3) is 16.0 Å². The van der Waals surface area contributed by atoms with E-state index < -0.39 is 0 Å². The lowest BCUT2D eigenvalue weighted by atomic mass is 9.88. The van der Waals surface area contributed by atoms with Crippen LogP contribution in [0.5, 0.6) is 0 Å². The van der Waals surface area contributed by atoms with Gasteiger partial charge in [-0.25, -0.2) is 4.98 Å². The summed E-state index contributed by atoms with van der Waals surface area (Å²) in [6.07, 6.45) is 2.99. The molecular formula is C23H21N3O2S. The van der Waals surface area contributed by atoms with Gasteiger partial charge in [0.15, 0.2) is 4.96 Å². The molecule has 1 atom stereocenters. The number of hydrogen-bond donors (Lipinski definition) is 1. The summed E-state index contributed by atoms with van der Waals surface area (Å²) in [7, 11) is 0. The number of aryl methyl sites for hydroxylation is 3. The average molecular weight is 404 g/mol. The normalized spacial score (nSPS) is 16.1. The Labute approximate surface area is 172 Å². The second-order valence-electron chi connectivity index (χ2n) is 7.72. The minimum atomic E-state index is -0.223. The molecule has 0 aliphatic heterocycles. The summed E-state index contributed by atoms with van der Waals surface area (Å²) >= 11 is 1.26. The number of nitrogens with zero attached hydrogens (tertiary/aromatic N) is 2. The lowest BCUT2D eigenvalue weighted by molar-refractivity contribution is 0.0936. The molecule has 4 aromatic rings. The van der Waals surface area contributed by atoms with Crippen molar-refractivity contribution in [3.63, 3.8) is 0 Å². The molecule has 1 aliphatic rings. The zero-order chi connectivity index (χ0) is 20.1. The first-order valence-corrected chi connectivity index (χ1v) is 10.6. The Morgan fingerprint density at radius 3 is 2.83 bits per heavy atom. The van der Waals surface area contributed by atoms with Crippen molar-refractivity contribution in [2.75, 3.05) is 0 Å². The van der Waals surface area contributed by atoms with E-state index in [0.29, 0.717) is 9.84 Å². The highest BCUT2D eigenvalue weighted by Gasteiger charge is 2.23. The Bertz CT molecular complexity index is 1340. The molecule has 2 heterocycles. The summed E-state index contributed by atoms with van der Waals surface area (Å²) in [4.78, 5) is 31.3. The van der Waals surface area contributed by atoms with Gasteiger partial charge in [-0.05, 0) is 67.5 Å². The Morgan fingerprint density at radius 1 is 1.17 bits per heavy atom. The zero-order valence-corrected chi connectivity index (χ0v) is 17.2. The summed E-state index contributed by atoms with van der Waals surface area (Å²) < 4.78 is 1.60. The highest BCUT2D eigenvalue weighted by atomic mass is 32.1. The summed E-state index contributed by atoms with van der Waals surface area (Å²) in [6.45, 7) is 4.05. The lowest BCUT2D eigenvalue weighted by Gasteiger charge is -2.26. The standard InChI is InChI=1S/C23H21N3O2S/c1-13-10-18-19(11-14(13)2)26-21(27)12-20(29-23(26)25-18)22(28)24-17-9-5-7-15-6-3-4-8-16(15)17/h3-4,6,8,10-12,17H,5,7,9H2,1-2H3,(H,24,28)/t17-/m1/s1. The number of carbonyl (C=O) groups is 1. The van der Waals surface area contributed by atoms with Gasteiger partial charge < -0.3 is 5.32 Å². The predicted octanol–water partition coefficient (Wildman–Crippen LogP) is 4.33. The molecule has 5 rings (SSSR count). The number of benzene rings is 2. The molecule has 0 spiro atoms. The van der Waals surface area contributed by atoms with Gasteiger partial charge in [0.1, 0.15) is 4.88 Å². The Hall–Kier alpha value is -2.99. The summed E-state index contributed by atoms with van der Waals surface area (Å²) in [5.74, 6) is -0.212. The third-order valence-corrected chi connectivity index (χ3v) is 6.79. The van der Waals surface area contributed by atoms with Crippen LogP contribution in [0, 0.1) is 13.8 Å². The van der Waals surface area contributed by atoms with Gasteiger partial charge in [0.25, 0.3) is 11.5 Å². The molecule has 2 aromatic heterocycles. The zero-order valence-electron chi connectivity index (χ0n) is 16.4. The van der Waals surface area contributed by atoms with Crippen LogP contribution >= 0.6 is 11.3 Å². The topological polar surface area (TPSA) is 63.5 Å². The fraction of sp³-hybridized carbons (Fsp3) is 0.261. The molecule has 0 unspecified atom stereocenters. The van der Waals surface area contributed by atoms with Crippen LogP contribution in [0.2, 0.25) is 0 Å². The molecule has 1 amide bonds. The predicted molar refractivity (Wildman–Crippen MR) is 116 cm³/mol. The molecule has 5 nitrogen and oxygen atoms in total. The fourth-order valence-electron chi connectivity index (χ4n) is 4.14. The largest absolute Gasteiger partial charge is 0.345 e. The number of rotatable bonds is 2. The van der Waals surface area contributed by atoms with Gasteiger partial charge in [-0.2, -0.15) is 0 Å². The second-order valence-corrected chi connectivity index (χ2v) is 8.73. The number of hydrogen-bond acceptors (Lipinski definition) is 4. The number of carbonyl (C=O) groups excluding carboxylic acids is 1. The highest BCUT2D eigenvalue weighted by Crippen LogP contribution is 2.30. The average Bonchev–Trinajstić information content (AvgIpc) is 3.06. The number of nitrogens with one attached hydrogen (secondary N) is 1. The van der Waals surface area contributed by atoms with Crippen LogP contribution < -0.4 is 10.9 Å². The van der Waals surface area contributed by atoms with Crippen molar-refractivity contribution in [3.8, 4) is 0 Å². The van der Waals surface area contributed by atoms with E-state index in [-0.39, 0.29) is 17.5 Å². The van der Waals surface area contributed by atoms with Crippen LogP contribution in [0.1, 0.15) is 50.8 Å². The molecule has 1 aliphatic carbocycles. The van der Waals surface area contributed by atoms with Gasteiger partial charge >= 0.3 is 0 Å². The molecule has 146 valence electrons. The van der Waals surface area contributed by atoms with Crippen LogP contribution in [0.15, 0.2) is 47.3 Å². The number of aromatic nitrogens is 2. The molecule has 0 bridgehead atoms. The molecule has 0 radical (unpaired) electrons. The van der Waals surface area contributed by atoms with Gasteiger partial charge in [-0.15, -0.1) is 0 Å². The minimum absolute atomic E-state index is 0.0184. The van der Waals surface area contributed by atoms with Crippen molar-refractivity contribution in [2.24, 2.45) is 0 Å². The third kappa shape index (κ3) is 3.04. The van der Waals surface area contributed by atoms with Gasteiger partial charge in [-0.1, -0.05) is 35.6 Å². The fourth-order valence-corrected chi connectivity index (χ4v) is 5.07.